The number of hydrogen-bond acceptors (Lipinski definition) is 4. The molecule has 6 aromatic carbocycles. The first-order valence-corrected chi connectivity index (χ1v) is 16.7. The smallest absolute Gasteiger partial charge is 0.145 e. The molecule has 0 spiro atoms. The van der Waals surface area contributed by atoms with Gasteiger partial charge in [-0.1, -0.05) is 78.9 Å². The van der Waals surface area contributed by atoms with Gasteiger partial charge in [-0.05, 0) is 80.6 Å². The Morgan fingerprint density at radius 3 is 2.00 bits per heavy atom. The van der Waals surface area contributed by atoms with Crippen molar-refractivity contribution in [3.63, 3.8) is 0 Å². The molecule has 6 heteroatoms. The molecule has 0 N–H and O–H groups in total. The first-order chi connectivity index (χ1) is 24.6. The van der Waals surface area contributed by atoms with Crippen LogP contribution in [0, 0.1) is 6.92 Å². The van der Waals surface area contributed by atoms with Crippen molar-refractivity contribution in [1.82, 2.24) is 19.1 Å². The molecular weight excluding hydrogens is 617 g/mol. The minimum Gasteiger partial charge on any atom is -0.461 e. The molecule has 238 valence electrons. The normalized spacial score (nSPS) is 12.3. The fraction of sp³-hybridized carbons (Fsp3) is 0.0455. The standard InChI is InChI=1S/C44H30N4O2/c1-27(24-34-28(2)49-40-20-9-3-14-32(34)40)47-38-18-7-5-16-36(38)45-43(47)29-12-11-13-30(25-29)44-46-37-17-6-8-19-39(37)48(44)31-22-23-42-35(26-31)33-15-4-10-21-41(33)50-42/h3-26H,1-2H3. The van der Waals surface area contributed by atoms with Crippen molar-refractivity contribution >= 4 is 66.7 Å². The topological polar surface area (TPSA) is 61.9 Å². The lowest BCUT2D eigenvalue weighted by Crippen LogP contribution is -1.99. The van der Waals surface area contributed by atoms with Crippen LogP contribution in [0.1, 0.15) is 18.2 Å². The van der Waals surface area contributed by atoms with E-state index in [2.05, 4.69) is 125 Å². The van der Waals surface area contributed by atoms with E-state index in [-0.39, 0.29) is 0 Å². The Kier molecular flexibility index (Phi) is 6.20. The largest absolute Gasteiger partial charge is 0.461 e. The van der Waals surface area contributed by atoms with Crippen LogP contribution >= 0.6 is 0 Å². The fourth-order valence-electron chi connectivity index (χ4n) is 7.35. The Bertz CT molecular complexity index is 2970. The molecule has 0 fully saturated rings. The van der Waals surface area contributed by atoms with Gasteiger partial charge in [0, 0.05) is 44.2 Å². The Balaban J connectivity index is 1.16. The molecule has 4 heterocycles. The summed E-state index contributed by atoms with van der Waals surface area (Å²) in [5.41, 5.74) is 11.7. The second kappa shape index (κ2) is 10.9. The zero-order chi connectivity index (χ0) is 33.3. The number of aromatic nitrogens is 4. The first kappa shape index (κ1) is 28.4. The van der Waals surface area contributed by atoms with Gasteiger partial charge >= 0.3 is 0 Å². The van der Waals surface area contributed by atoms with Gasteiger partial charge in [-0.15, -0.1) is 0 Å². The maximum atomic E-state index is 6.16. The van der Waals surface area contributed by atoms with Gasteiger partial charge in [0.2, 0.25) is 0 Å². The monoisotopic (exact) mass is 646 g/mol. The molecule has 0 radical (unpaired) electrons. The third-order valence-electron chi connectivity index (χ3n) is 9.64. The highest BCUT2D eigenvalue weighted by atomic mass is 16.3. The van der Waals surface area contributed by atoms with Gasteiger partial charge in [0.1, 0.15) is 34.2 Å². The Morgan fingerprint density at radius 2 is 1.18 bits per heavy atom. The van der Waals surface area contributed by atoms with Gasteiger partial charge in [-0.2, -0.15) is 0 Å². The number of benzene rings is 6. The maximum absolute atomic E-state index is 6.16. The highest BCUT2D eigenvalue weighted by molar-refractivity contribution is 6.06. The highest BCUT2D eigenvalue weighted by Crippen LogP contribution is 2.37. The summed E-state index contributed by atoms with van der Waals surface area (Å²) in [7, 11) is 0. The van der Waals surface area contributed by atoms with Crippen molar-refractivity contribution in [2.75, 3.05) is 0 Å². The summed E-state index contributed by atoms with van der Waals surface area (Å²) in [6.45, 7) is 4.16. The number of fused-ring (bicyclic) bond motifs is 6. The molecule has 50 heavy (non-hydrogen) atoms. The van der Waals surface area contributed by atoms with Gasteiger partial charge in [0.15, 0.2) is 0 Å². The lowest BCUT2D eigenvalue weighted by atomic mass is 10.1. The SMILES string of the molecule is CC(=Cc1c(C)oc2ccccc12)n1c(-c2cccc(-c3nc4ccccc4n3-c3ccc4oc5ccccc5c4c3)c2)nc2ccccc21. The number of imidazole rings is 2. The van der Waals surface area contributed by atoms with Gasteiger partial charge in [0.05, 0.1) is 22.1 Å². The van der Waals surface area contributed by atoms with Crippen molar-refractivity contribution in [2.24, 2.45) is 0 Å². The van der Waals surface area contributed by atoms with Crippen LogP contribution < -0.4 is 0 Å². The summed E-state index contributed by atoms with van der Waals surface area (Å²) < 4.78 is 16.8. The zero-order valence-electron chi connectivity index (χ0n) is 27.5. The number of furan rings is 2. The molecule has 10 aromatic rings. The Hall–Kier alpha value is -6.66. The molecule has 0 bridgehead atoms. The summed E-state index contributed by atoms with van der Waals surface area (Å²) in [4.78, 5) is 10.4. The maximum Gasteiger partial charge on any atom is 0.145 e. The van der Waals surface area contributed by atoms with E-state index < -0.39 is 0 Å². The van der Waals surface area contributed by atoms with E-state index in [4.69, 9.17) is 18.8 Å². The Labute approximate surface area is 287 Å². The molecule has 0 aliphatic heterocycles. The third kappa shape index (κ3) is 4.35. The van der Waals surface area contributed by atoms with E-state index in [9.17, 15) is 0 Å². The van der Waals surface area contributed by atoms with Gasteiger partial charge in [-0.25, -0.2) is 9.97 Å². The minimum atomic E-state index is 0.857. The van der Waals surface area contributed by atoms with Crippen LogP contribution in [-0.2, 0) is 0 Å². The van der Waals surface area contributed by atoms with Crippen LogP contribution in [0.2, 0.25) is 0 Å². The van der Waals surface area contributed by atoms with Gasteiger partial charge in [-0.3, -0.25) is 9.13 Å². The molecule has 0 unspecified atom stereocenters. The molecule has 6 nitrogen and oxygen atoms in total. The Morgan fingerprint density at radius 1 is 0.560 bits per heavy atom. The van der Waals surface area contributed by atoms with E-state index in [0.29, 0.717) is 0 Å². The fourth-order valence-corrected chi connectivity index (χ4v) is 7.35. The van der Waals surface area contributed by atoms with Gasteiger partial charge < -0.3 is 8.83 Å². The van der Waals surface area contributed by atoms with E-state index in [0.717, 1.165) is 100 Å². The van der Waals surface area contributed by atoms with E-state index in [1.54, 1.807) is 0 Å². The molecule has 0 amide bonds. The molecule has 0 aliphatic rings. The van der Waals surface area contributed by atoms with E-state index >= 15 is 0 Å². The summed E-state index contributed by atoms with van der Waals surface area (Å²) in [5, 5.41) is 3.27. The van der Waals surface area contributed by atoms with Crippen LogP contribution in [0.3, 0.4) is 0 Å². The second-order valence-electron chi connectivity index (χ2n) is 12.7. The zero-order valence-corrected chi connectivity index (χ0v) is 27.5. The average molecular weight is 647 g/mol. The number of allylic oxidation sites excluding steroid dienone is 1. The summed E-state index contributed by atoms with van der Waals surface area (Å²) in [6, 6.07) is 47.9. The molecule has 10 rings (SSSR count). The number of nitrogens with zero attached hydrogens (tertiary/aromatic N) is 4. The number of aryl methyl sites for hydroxylation is 1. The molecule has 0 saturated heterocycles. The quantitative estimate of drug-likeness (QED) is 0.187. The van der Waals surface area contributed by atoms with E-state index in [1.165, 1.54) is 0 Å². The lowest BCUT2D eigenvalue weighted by molar-refractivity contribution is 0.577. The molecule has 0 atom stereocenters. The van der Waals surface area contributed by atoms with E-state index in [1.807, 2.05) is 43.3 Å². The van der Waals surface area contributed by atoms with Crippen LogP contribution in [0.25, 0.3) is 95.2 Å². The first-order valence-electron chi connectivity index (χ1n) is 16.7. The minimum absolute atomic E-state index is 0.857. The van der Waals surface area contributed by atoms with Crippen molar-refractivity contribution in [3.8, 4) is 28.5 Å². The highest BCUT2D eigenvalue weighted by Gasteiger charge is 2.20. The van der Waals surface area contributed by atoms with Gasteiger partial charge in [0.25, 0.3) is 0 Å². The van der Waals surface area contributed by atoms with Crippen LogP contribution in [0.15, 0.2) is 148 Å². The number of hydrogen-bond donors (Lipinski definition) is 0. The summed E-state index contributed by atoms with van der Waals surface area (Å²) in [6.07, 6.45) is 2.21. The van der Waals surface area contributed by atoms with Crippen molar-refractivity contribution in [1.29, 1.82) is 0 Å². The summed E-state index contributed by atoms with van der Waals surface area (Å²) >= 11 is 0. The summed E-state index contributed by atoms with van der Waals surface area (Å²) in [5.74, 6) is 2.61. The van der Waals surface area contributed by atoms with Crippen LogP contribution in [0.5, 0.6) is 0 Å². The number of rotatable bonds is 5. The van der Waals surface area contributed by atoms with Crippen molar-refractivity contribution in [2.45, 2.75) is 13.8 Å². The predicted molar refractivity (Wildman–Crippen MR) is 203 cm³/mol. The molecule has 4 aromatic heterocycles. The van der Waals surface area contributed by atoms with Crippen LogP contribution in [0.4, 0.5) is 0 Å². The predicted octanol–water partition coefficient (Wildman–Crippen LogP) is 11.7. The van der Waals surface area contributed by atoms with Crippen LogP contribution in [-0.4, -0.2) is 19.1 Å². The molecule has 0 saturated carbocycles. The third-order valence-corrected chi connectivity index (χ3v) is 9.64. The lowest BCUT2D eigenvalue weighted by Gasteiger charge is -2.13. The second-order valence-corrected chi connectivity index (χ2v) is 12.7. The number of para-hydroxylation sites is 6. The van der Waals surface area contributed by atoms with Crippen molar-refractivity contribution in [3.05, 3.63) is 151 Å². The molecular formula is C44H30N4O2. The average Bonchev–Trinajstić information content (AvgIpc) is 3.91. The van der Waals surface area contributed by atoms with Crippen molar-refractivity contribution < 1.29 is 8.83 Å². The molecule has 0 aliphatic carbocycles.